The molecule has 0 spiro atoms. The zero-order valence-electron chi connectivity index (χ0n) is 22.5. The Morgan fingerprint density at radius 1 is 0.769 bits per heavy atom. The van der Waals surface area contributed by atoms with E-state index in [-0.39, 0.29) is 11.9 Å². The molecule has 0 radical (unpaired) electrons. The van der Waals surface area contributed by atoms with E-state index in [4.69, 9.17) is 4.74 Å². The molecule has 2 saturated heterocycles. The molecule has 7 heteroatoms. The Bertz CT molecular complexity index is 1210. The van der Waals surface area contributed by atoms with Crippen molar-refractivity contribution in [3.05, 3.63) is 89.5 Å². The third-order valence-electron chi connectivity index (χ3n) is 7.94. The molecule has 2 aliphatic heterocycles. The predicted octanol–water partition coefficient (Wildman–Crippen LogP) is 4.99. The third kappa shape index (κ3) is 6.67. The molecule has 7 nitrogen and oxygen atoms in total. The Morgan fingerprint density at radius 2 is 1.31 bits per heavy atom. The highest BCUT2D eigenvalue weighted by molar-refractivity contribution is 5.95. The molecule has 4 unspecified atom stereocenters. The highest BCUT2D eigenvalue weighted by Crippen LogP contribution is 2.66. The van der Waals surface area contributed by atoms with Crippen LogP contribution in [-0.2, 0) is 9.59 Å². The Labute approximate surface area is 230 Å². The van der Waals surface area contributed by atoms with Gasteiger partial charge in [-0.05, 0) is 116 Å². The second-order valence-corrected chi connectivity index (χ2v) is 10.5. The quantitative estimate of drug-likeness (QED) is 0.311. The summed E-state index contributed by atoms with van der Waals surface area (Å²) in [4.78, 5) is 23.2. The lowest BCUT2D eigenvalue weighted by Gasteiger charge is -2.11. The maximum absolute atomic E-state index is 12.4. The van der Waals surface area contributed by atoms with Crippen LogP contribution in [0.15, 0.2) is 72.8 Å². The van der Waals surface area contributed by atoms with Crippen LogP contribution < -0.4 is 26.0 Å². The first-order valence-corrected chi connectivity index (χ1v) is 14.0. The van der Waals surface area contributed by atoms with Crippen LogP contribution in [0.1, 0.15) is 60.1 Å². The van der Waals surface area contributed by atoms with Crippen LogP contribution in [0, 0.1) is 0 Å². The number of nitrogens with one attached hydrogen (secondary N) is 4. The van der Waals surface area contributed by atoms with E-state index in [1.807, 2.05) is 36.4 Å². The van der Waals surface area contributed by atoms with Gasteiger partial charge in [-0.15, -0.1) is 0 Å². The normalized spacial score (nSPS) is 23.3. The topological polar surface area (TPSA) is 91.5 Å². The number of benzene rings is 3. The minimum absolute atomic E-state index is 0.0367. The Kier molecular flexibility index (Phi) is 8.91. The summed E-state index contributed by atoms with van der Waals surface area (Å²) in [5.74, 6) is 1.90. The molecule has 0 bridgehead atoms. The van der Waals surface area contributed by atoms with Crippen molar-refractivity contribution in [1.29, 1.82) is 0 Å². The van der Waals surface area contributed by atoms with E-state index in [2.05, 4.69) is 57.7 Å². The van der Waals surface area contributed by atoms with Gasteiger partial charge in [0.25, 0.3) is 0 Å². The first-order chi connectivity index (χ1) is 19.2. The van der Waals surface area contributed by atoms with E-state index >= 15 is 0 Å². The van der Waals surface area contributed by atoms with Crippen LogP contribution in [0.5, 0.6) is 5.75 Å². The molecular weight excluding hydrogens is 488 g/mol. The van der Waals surface area contributed by atoms with Gasteiger partial charge in [-0.2, -0.15) is 0 Å². The number of amides is 2. The van der Waals surface area contributed by atoms with Crippen LogP contribution in [0.25, 0.3) is 0 Å². The highest BCUT2D eigenvalue weighted by atomic mass is 16.5. The molecule has 3 aliphatic rings. The van der Waals surface area contributed by atoms with E-state index in [0.717, 1.165) is 36.5 Å². The van der Waals surface area contributed by atoms with Gasteiger partial charge in [0.2, 0.25) is 12.3 Å². The van der Waals surface area contributed by atoms with Crippen LogP contribution in [0.2, 0.25) is 0 Å². The van der Waals surface area contributed by atoms with Crippen LogP contribution in [0.4, 0.5) is 11.4 Å². The lowest BCUT2D eigenvalue weighted by molar-refractivity contribution is -0.117. The predicted molar refractivity (Wildman–Crippen MR) is 156 cm³/mol. The van der Waals surface area contributed by atoms with Crippen molar-refractivity contribution in [3.8, 4) is 5.75 Å². The summed E-state index contributed by atoms with van der Waals surface area (Å²) in [5, 5.41) is 12.2. The van der Waals surface area contributed by atoms with Crippen molar-refractivity contribution in [3.63, 3.8) is 0 Å². The van der Waals surface area contributed by atoms with E-state index in [0.29, 0.717) is 24.2 Å². The molecule has 1 aliphatic carbocycles. The van der Waals surface area contributed by atoms with E-state index in [9.17, 15) is 9.59 Å². The van der Waals surface area contributed by atoms with Gasteiger partial charge in [-0.25, -0.2) is 0 Å². The van der Waals surface area contributed by atoms with Crippen LogP contribution >= 0.6 is 0 Å². The molecule has 2 amide bonds. The molecule has 6 rings (SSSR count). The molecule has 4 atom stereocenters. The number of anilines is 2. The Morgan fingerprint density at radius 3 is 1.74 bits per heavy atom. The number of ether oxygens (including phenoxy) is 1. The summed E-state index contributed by atoms with van der Waals surface area (Å²) in [7, 11) is 1.68. The van der Waals surface area contributed by atoms with Gasteiger partial charge in [0.05, 0.1) is 13.2 Å². The summed E-state index contributed by atoms with van der Waals surface area (Å²) >= 11 is 0. The lowest BCUT2D eigenvalue weighted by atomic mass is 10.0. The minimum Gasteiger partial charge on any atom is -0.497 e. The minimum atomic E-state index is -0.0939. The number of hydrogen-bond acceptors (Lipinski definition) is 5. The van der Waals surface area contributed by atoms with Crippen molar-refractivity contribution in [2.45, 2.75) is 49.5 Å². The van der Waals surface area contributed by atoms with Crippen molar-refractivity contribution in [2.24, 2.45) is 0 Å². The Hall–Kier alpha value is -3.68. The fourth-order valence-corrected chi connectivity index (χ4v) is 5.80. The smallest absolute Gasteiger partial charge is 0.241 e. The van der Waals surface area contributed by atoms with Gasteiger partial charge >= 0.3 is 0 Å². The molecule has 39 heavy (non-hydrogen) atoms. The lowest BCUT2D eigenvalue weighted by Crippen LogP contribution is -2.35. The molecule has 3 aromatic rings. The Balaban J connectivity index is 0.000000555. The maximum Gasteiger partial charge on any atom is 0.241 e. The number of methoxy groups -OCH3 is 1. The summed E-state index contributed by atoms with van der Waals surface area (Å²) in [6.45, 7) is 3.40. The van der Waals surface area contributed by atoms with Gasteiger partial charge in [0.1, 0.15) is 5.75 Å². The zero-order valence-corrected chi connectivity index (χ0v) is 22.5. The SMILES string of the molecule is C1CCNC1.COc1ccc(C2C(c3ccc(NC=O)cc3)C2c2ccc(NC(=O)C3CCCN3)cc2)cc1. The summed E-state index contributed by atoms with van der Waals surface area (Å²) in [6, 6.07) is 24.5. The second kappa shape index (κ2) is 12.9. The first-order valence-electron chi connectivity index (χ1n) is 14.0. The molecule has 2 heterocycles. The van der Waals surface area contributed by atoms with Crippen molar-refractivity contribution in [2.75, 3.05) is 37.4 Å². The van der Waals surface area contributed by atoms with E-state index in [1.54, 1.807) is 7.11 Å². The molecular formula is C32H38N4O3. The average molecular weight is 527 g/mol. The fraction of sp³-hybridized carbons (Fsp3) is 0.375. The standard InChI is InChI=1S/C28H29N3O3.C4H9N/c1-34-23-14-8-20(9-15-23)27-25(18-4-10-21(11-5-18)30-17-32)26(27)19-6-12-22(13-7-19)31-28(33)24-3-2-16-29-24;1-2-4-5-3-1/h4-15,17,24-27,29H,2-3,16H2,1H3,(H,30,32)(H,31,33);5H,1-4H2. The largest absolute Gasteiger partial charge is 0.497 e. The molecule has 4 N–H and O–H groups in total. The fourth-order valence-electron chi connectivity index (χ4n) is 5.80. The van der Waals surface area contributed by atoms with Crippen LogP contribution in [0.3, 0.4) is 0 Å². The zero-order chi connectivity index (χ0) is 27.0. The summed E-state index contributed by atoms with van der Waals surface area (Å²) in [6.07, 6.45) is 5.40. The van der Waals surface area contributed by atoms with Crippen molar-refractivity contribution in [1.82, 2.24) is 10.6 Å². The van der Waals surface area contributed by atoms with Crippen molar-refractivity contribution < 1.29 is 14.3 Å². The van der Waals surface area contributed by atoms with Crippen molar-refractivity contribution >= 4 is 23.7 Å². The summed E-state index contributed by atoms with van der Waals surface area (Å²) in [5.41, 5.74) is 5.37. The molecule has 1 saturated carbocycles. The molecule has 3 fully saturated rings. The van der Waals surface area contributed by atoms with Gasteiger partial charge < -0.3 is 26.0 Å². The monoisotopic (exact) mass is 526 g/mol. The van der Waals surface area contributed by atoms with Gasteiger partial charge in [0.15, 0.2) is 0 Å². The number of carbonyl (C=O) groups excluding carboxylic acids is 2. The number of hydrogen-bond donors (Lipinski definition) is 4. The molecule has 3 aromatic carbocycles. The number of carbonyl (C=O) groups is 2. The molecule has 0 aromatic heterocycles. The third-order valence-corrected chi connectivity index (χ3v) is 7.94. The van der Waals surface area contributed by atoms with Gasteiger partial charge in [-0.3, -0.25) is 9.59 Å². The number of rotatable bonds is 8. The molecule has 204 valence electrons. The van der Waals surface area contributed by atoms with E-state index < -0.39 is 0 Å². The average Bonchev–Trinajstić information content (AvgIpc) is 3.37. The highest BCUT2D eigenvalue weighted by Gasteiger charge is 2.52. The summed E-state index contributed by atoms with van der Waals surface area (Å²) < 4.78 is 5.34. The van der Waals surface area contributed by atoms with E-state index in [1.165, 1.54) is 42.6 Å². The van der Waals surface area contributed by atoms with Gasteiger partial charge in [-0.1, -0.05) is 36.4 Å². The van der Waals surface area contributed by atoms with Crippen LogP contribution in [-0.4, -0.2) is 45.1 Å². The maximum atomic E-state index is 12.4. The van der Waals surface area contributed by atoms with Gasteiger partial charge in [0, 0.05) is 11.4 Å². The first kappa shape index (κ1) is 26.9. The second-order valence-electron chi connectivity index (χ2n) is 10.5.